The van der Waals surface area contributed by atoms with Crippen LogP contribution in [0.3, 0.4) is 0 Å². The Morgan fingerprint density at radius 3 is 2.52 bits per heavy atom. The third-order valence-corrected chi connectivity index (χ3v) is 4.45. The quantitative estimate of drug-likeness (QED) is 0.832. The van der Waals surface area contributed by atoms with Crippen molar-refractivity contribution in [3.05, 3.63) is 29.8 Å². The molecule has 1 heterocycles. The van der Waals surface area contributed by atoms with E-state index in [0.717, 1.165) is 24.8 Å². The summed E-state index contributed by atoms with van der Waals surface area (Å²) in [4.78, 5) is 2.58. The smallest absolute Gasteiger partial charge is 0.119 e. The largest absolute Gasteiger partial charge is 0.494 e. The lowest BCUT2D eigenvalue weighted by molar-refractivity contribution is 0.263. The van der Waals surface area contributed by atoms with Gasteiger partial charge < -0.3 is 15.0 Å². The zero-order valence-electron chi connectivity index (χ0n) is 13.9. The van der Waals surface area contributed by atoms with Gasteiger partial charge in [-0.25, -0.2) is 0 Å². The van der Waals surface area contributed by atoms with E-state index >= 15 is 0 Å². The normalized spacial score (nSPS) is 20.9. The molecule has 0 aliphatic carbocycles. The van der Waals surface area contributed by atoms with Crippen LogP contribution in [-0.2, 0) is 0 Å². The maximum atomic E-state index is 5.49. The predicted octanol–water partition coefficient (Wildman–Crippen LogP) is 3.47. The van der Waals surface area contributed by atoms with Crippen molar-refractivity contribution >= 4 is 0 Å². The first-order chi connectivity index (χ1) is 10.1. The van der Waals surface area contributed by atoms with E-state index in [1.165, 1.54) is 25.1 Å². The summed E-state index contributed by atoms with van der Waals surface area (Å²) in [6, 6.07) is 9.53. The molecule has 21 heavy (non-hydrogen) atoms. The molecule has 0 aromatic heterocycles. The third-order valence-electron chi connectivity index (χ3n) is 4.45. The molecule has 2 unspecified atom stereocenters. The molecule has 1 fully saturated rings. The van der Waals surface area contributed by atoms with Gasteiger partial charge in [0.15, 0.2) is 0 Å². The zero-order chi connectivity index (χ0) is 15.2. The van der Waals surface area contributed by atoms with Gasteiger partial charge in [0.25, 0.3) is 0 Å². The molecule has 2 atom stereocenters. The lowest BCUT2D eigenvalue weighted by Gasteiger charge is -2.21. The summed E-state index contributed by atoms with van der Waals surface area (Å²) >= 11 is 0. The van der Waals surface area contributed by atoms with E-state index in [2.05, 4.69) is 55.3 Å². The van der Waals surface area contributed by atoms with Gasteiger partial charge in [-0.05, 0) is 70.8 Å². The van der Waals surface area contributed by atoms with Crippen LogP contribution in [0, 0.1) is 5.92 Å². The number of nitrogens with one attached hydrogen (secondary N) is 1. The van der Waals surface area contributed by atoms with Gasteiger partial charge in [0.1, 0.15) is 5.75 Å². The molecule has 3 nitrogen and oxygen atoms in total. The maximum absolute atomic E-state index is 5.49. The van der Waals surface area contributed by atoms with Gasteiger partial charge in [-0.1, -0.05) is 12.1 Å². The summed E-state index contributed by atoms with van der Waals surface area (Å²) in [7, 11) is 0. The minimum Gasteiger partial charge on any atom is -0.494 e. The second-order valence-corrected chi connectivity index (χ2v) is 6.38. The van der Waals surface area contributed by atoms with Gasteiger partial charge in [0, 0.05) is 18.6 Å². The van der Waals surface area contributed by atoms with Crippen molar-refractivity contribution in [3.63, 3.8) is 0 Å². The first-order valence-electron chi connectivity index (χ1n) is 8.30. The van der Waals surface area contributed by atoms with E-state index in [-0.39, 0.29) is 0 Å². The molecule has 1 aliphatic heterocycles. The molecule has 1 aliphatic rings. The first kappa shape index (κ1) is 16.3. The molecule has 0 spiro atoms. The third kappa shape index (κ3) is 4.72. The fourth-order valence-electron chi connectivity index (χ4n) is 2.98. The van der Waals surface area contributed by atoms with Crippen LogP contribution >= 0.6 is 0 Å². The van der Waals surface area contributed by atoms with Crippen molar-refractivity contribution < 1.29 is 4.74 Å². The number of hydrogen-bond donors (Lipinski definition) is 1. The Morgan fingerprint density at radius 1 is 1.24 bits per heavy atom. The summed E-state index contributed by atoms with van der Waals surface area (Å²) in [6.07, 6.45) is 1.32. The molecular formula is C18H30N2O. The fourth-order valence-corrected chi connectivity index (χ4v) is 2.98. The highest BCUT2D eigenvalue weighted by Gasteiger charge is 2.24. The molecule has 0 bridgehead atoms. The molecule has 0 saturated carbocycles. The van der Waals surface area contributed by atoms with Crippen molar-refractivity contribution in [2.24, 2.45) is 5.92 Å². The van der Waals surface area contributed by atoms with Gasteiger partial charge in [-0.15, -0.1) is 0 Å². The molecule has 1 N–H and O–H groups in total. The van der Waals surface area contributed by atoms with Crippen molar-refractivity contribution in [2.75, 3.05) is 26.2 Å². The van der Waals surface area contributed by atoms with Crippen LogP contribution in [-0.4, -0.2) is 37.2 Å². The molecule has 1 aromatic carbocycles. The Kier molecular flexibility index (Phi) is 6.07. The molecular weight excluding hydrogens is 260 g/mol. The molecule has 0 amide bonds. The highest BCUT2D eigenvalue weighted by molar-refractivity contribution is 5.28. The van der Waals surface area contributed by atoms with E-state index in [0.29, 0.717) is 12.1 Å². The van der Waals surface area contributed by atoms with Crippen molar-refractivity contribution in [2.45, 2.75) is 46.2 Å². The van der Waals surface area contributed by atoms with E-state index in [9.17, 15) is 0 Å². The Labute approximate surface area is 129 Å². The van der Waals surface area contributed by atoms with Crippen LogP contribution in [0.1, 0.15) is 45.7 Å². The molecule has 1 saturated heterocycles. The Hall–Kier alpha value is -1.06. The van der Waals surface area contributed by atoms with E-state index < -0.39 is 0 Å². The molecule has 118 valence electrons. The van der Waals surface area contributed by atoms with Crippen LogP contribution in [0.2, 0.25) is 0 Å². The fraction of sp³-hybridized carbons (Fsp3) is 0.667. The minimum absolute atomic E-state index is 0.397. The summed E-state index contributed by atoms with van der Waals surface area (Å²) in [5.41, 5.74) is 1.33. The highest BCUT2D eigenvalue weighted by atomic mass is 16.5. The Morgan fingerprint density at radius 2 is 1.95 bits per heavy atom. The van der Waals surface area contributed by atoms with Gasteiger partial charge in [0.2, 0.25) is 0 Å². The monoisotopic (exact) mass is 290 g/mol. The van der Waals surface area contributed by atoms with Crippen molar-refractivity contribution in [3.8, 4) is 5.75 Å². The molecule has 3 heteroatoms. The first-order valence-corrected chi connectivity index (χ1v) is 8.30. The second kappa shape index (κ2) is 7.81. The predicted molar refractivity (Wildman–Crippen MR) is 88.8 cm³/mol. The topological polar surface area (TPSA) is 24.5 Å². The Bertz CT molecular complexity index is 416. The Balaban J connectivity index is 1.78. The van der Waals surface area contributed by atoms with Gasteiger partial charge in [-0.3, -0.25) is 0 Å². The maximum Gasteiger partial charge on any atom is 0.119 e. The molecule has 2 rings (SSSR count). The van der Waals surface area contributed by atoms with Gasteiger partial charge >= 0.3 is 0 Å². The average Bonchev–Trinajstić information content (AvgIpc) is 2.95. The highest BCUT2D eigenvalue weighted by Crippen LogP contribution is 2.21. The molecule has 1 aromatic rings. The van der Waals surface area contributed by atoms with Crippen LogP contribution in [0.4, 0.5) is 0 Å². The standard InChI is InChI=1S/C18H30N2O/c1-5-21-18-8-6-17(7-9-18)15(4)19-12-16-10-11-20(13-16)14(2)3/h6-9,14-16,19H,5,10-13H2,1-4H3. The van der Waals surface area contributed by atoms with Crippen molar-refractivity contribution in [1.29, 1.82) is 0 Å². The van der Waals surface area contributed by atoms with Crippen LogP contribution in [0.25, 0.3) is 0 Å². The van der Waals surface area contributed by atoms with E-state index in [1.807, 2.05) is 6.92 Å². The summed E-state index contributed by atoms with van der Waals surface area (Å²) < 4.78 is 5.49. The second-order valence-electron chi connectivity index (χ2n) is 6.38. The summed E-state index contributed by atoms with van der Waals surface area (Å²) in [5, 5.41) is 3.68. The number of likely N-dealkylation sites (tertiary alicyclic amines) is 1. The average molecular weight is 290 g/mol. The van der Waals surface area contributed by atoms with Crippen LogP contribution < -0.4 is 10.1 Å². The number of nitrogens with zero attached hydrogens (tertiary/aromatic N) is 1. The molecule has 0 radical (unpaired) electrons. The van der Waals surface area contributed by atoms with Crippen molar-refractivity contribution in [1.82, 2.24) is 10.2 Å². The minimum atomic E-state index is 0.397. The SMILES string of the molecule is CCOc1ccc(C(C)NCC2CCN(C(C)C)C2)cc1. The number of rotatable bonds is 7. The number of benzene rings is 1. The van der Waals surface area contributed by atoms with Crippen LogP contribution in [0.15, 0.2) is 24.3 Å². The number of hydrogen-bond acceptors (Lipinski definition) is 3. The zero-order valence-corrected chi connectivity index (χ0v) is 13.9. The van der Waals surface area contributed by atoms with Crippen LogP contribution in [0.5, 0.6) is 5.75 Å². The van der Waals surface area contributed by atoms with E-state index in [4.69, 9.17) is 4.74 Å². The van der Waals surface area contributed by atoms with Gasteiger partial charge in [-0.2, -0.15) is 0 Å². The summed E-state index contributed by atoms with van der Waals surface area (Å²) in [5.74, 6) is 1.74. The van der Waals surface area contributed by atoms with E-state index in [1.54, 1.807) is 0 Å². The summed E-state index contributed by atoms with van der Waals surface area (Å²) in [6.45, 7) is 13.2. The van der Waals surface area contributed by atoms with Gasteiger partial charge in [0.05, 0.1) is 6.61 Å². The lowest BCUT2D eigenvalue weighted by atomic mass is 10.1. The number of ether oxygens (including phenoxy) is 1. The lowest BCUT2D eigenvalue weighted by Crippen LogP contribution is -2.31.